The van der Waals surface area contributed by atoms with Gasteiger partial charge in [-0.1, -0.05) is 52.0 Å². The highest BCUT2D eigenvalue weighted by Crippen LogP contribution is 2.22. The highest BCUT2D eigenvalue weighted by Gasteiger charge is 2.06. The lowest BCUT2D eigenvalue weighted by Crippen LogP contribution is -2.24. The van der Waals surface area contributed by atoms with Crippen LogP contribution in [-0.2, 0) is 0 Å². The van der Waals surface area contributed by atoms with Gasteiger partial charge in [-0.25, -0.2) is 0 Å². The summed E-state index contributed by atoms with van der Waals surface area (Å²) in [7, 11) is 0. The number of nitrogens with one attached hydrogen (secondary N) is 1. The molecule has 0 radical (unpaired) electrons. The fraction of sp³-hybridized carbons (Fsp3) is 0.462. The van der Waals surface area contributed by atoms with Crippen LogP contribution in [0.25, 0.3) is 0 Å². The van der Waals surface area contributed by atoms with Crippen molar-refractivity contribution in [2.24, 2.45) is 0 Å². The molecule has 0 saturated carbocycles. The Bertz CT molecular complexity index is 399. The molecule has 0 saturated heterocycles. The van der Waals surface area contributed by atoms with E-state index >= 15 is 0 Å². The molecule has 1 rings (SSSR count). The molecule has 100 valence electrons. The molecule has 0 atom stereocenters. The van der Waals surface area contributed by atoms with Crippen LogP contribution in [0.5, 0.6) is 0 Å². The van der Waals surface area contributed by atoms with Gasteiger partial charge in [-0.05, 0) is 31.0 Å². The van der Waals surface area contributed by atoms with Crippen molar-refractivity contribution in [3.63, 3.8) is 0 Å². The van der Waals surface area contributed by atoms with Gasteiger partial charge in [0, 0.05) is 17.4 Å². The number of rotatable bonds is 7. The average molecular weight is 353 g/mol. The fourth-order valence-corrected chi connectivity index (χ4v) is 2.21. The van der Waals surface area contributed by atoms with E-state index in [1.165, 1.54) is 12.8 Å². The third-order valence-electron chi connectivity index (χ3n) is 2.53. The summed E-state index contributed by atoms with van der Waals surface area (Å²) in [4.78, 5) is 11.8. The monoisotopic (exact) mass is 351 g/mol. The predicted octanol–water partition coefficient (Wildman–Crippen LogP) is 4.68. The number of carbonyl (C=O) groups is 1. The quantitative estimate of drug-likeness (QED) is 0.560. The van der Waals surface area contributed by atoms with Gasteiger partial charge in [0.15, 0.2) is 0 Å². The predicted molar refractivity (Wildman–Crippen MR) is 81.1 cm³/mol. The molecule has 0 aliphatic heterocycles. The van der Waals surface area contributed by atoms with Crippen molar-refractivity contribution in [2.45, 2.75) is 25.7 Å². The minimum Gasteiger partial charge on any atom is -0.352 e. The van der Waals surface area contributed by atoms with E-state index in [9.17, 15) is 4.79 Å². The van der Waals surface area contributed by atoms with Crippen LogP contribution >= 0.6 is 39.1 Å². The third kappa shape index (κ3) is 5.59. The second-order valence-corrected chi connectivity index (χ2v) is 5.60. The van der Waals surface area contributed by atoms with Crippen molar-refractivity contribution >= 4 is 45.0 Å². The van der Waals surface area contributed by atoms with E-state index < -0.39 is 0 Å². The molecule has 5 heteroatoms. The summed E-state index contributed by atoms with van der Waals surface area (Å²) in [6.07, 6.45) is 4.50. The molecule has 1 aromatic rings. The minimum atomic E-state index is -0.103. The normalized spacial score (nSPS) is 10.4. The highest BCUT2D eigenvalue weighted by molar-refractivity contribution is 9.09. The molecule has 0 aliphatic carbocycles. The molecule has 0 unspecified atom stereocenters. The molecule has 1 N–H and O–H groups in total. The number of benzene rings is 1. The lowest BCUT2D eigenvalue weighted by Gasteiger charge is -2.06. The Morgan fingerprint density at radius 2 is 1.83 bits per heavy atom. The molecule has 0 fully saturated rings. The summed E-state index contributed by atoms with van der Waals surface area (Å²) in [6.45, 7) is 0.696. The van der Waals surface area contributed by atoms with Gasteiger partial charge < -0.3 is 5.32 Å². The third-order valence-corrected chi connectivity index (χ3v) is 3.83. The smallest absolute Gasteiger partial charge is 0.251 e. The number of hydrogen-bond donors (Lipinski definition) is 1. The first-order chi connectivity index (χ1) is 8.65. The summed E-state index contributed by atoms with van der Waals surface area (Å²) in [5, 5.41) is 4.78. The highest BCUT2D eigenvalue weighted by atomic mass is 79.9. The summed E-state index contributed by atoms with van der Waals surface area (Å²) in [6, 6.07) is 4.90. The van der Waals surface area contributed by atoms with E-state index in [-0.39, 0.29) is 5.91 Å². The summed E-state index contributed by atoms with van der Waals surface area (Å²) in [5.41, 5.74) is 0.546. The molecule has 1 aromatic carbocycles. The van der Waals surface area contributed by atoms with Crippen molar-refractivity contribution < 1.29 is 4.79 Å². The van der Waals surface area contributed by atoms with Crippen LogP contribution in [0.1, 0.15) is 36.0 Å². The molecule has 0 heterocycles. The summed E-state index contributed by atoms with van der Waals surface area (Å²) in [5.74, 6) is -0.103. The van der Waals surface area contributed by atoms with Crippen LogP contribution in [0.2, 0.25) is 10.0 Å². The van der Waals surface area contributed by atoms with Gasteiger partial charge in [0.25, 0.3) is 5.91 Å². The van der Waals surface area contributed by atoms with Gasteiger partial charge in [-0.3, -0.25) is 4.79 Å². The Kier molecular flexibility index (Phi) is 7.71. The van der Waals surface area contributed by atoms with Crippen LogP contribution in [0.4, 0.5) is 0 Å². The largest absolute Gasteiger partial charge is 0.352 e. The maximum absolute atomic E-state index is 11.8. The van der Waals surface area contributed by atoms with Crippen molar-refractivity contribution in [1.82, 2.24) is 5.32 Å². The van der Waals surface area contributed by atoms with E-state index in [0.717, 1.165) is 18.2 Å². The number of hydrogen-bond acceptors (Lipinski definition) is 1. The fourth-order valence-electron chi connectivity index (χ4n) is 1.51. The Morgan fingerprint density at radius 1 is 1.11 bits per heavy atom. The van der Waals surface area contributed by atoms with Crippen LogP contribution in [0, 0.1) is 0 Å². The van der Waals surface area contributed by atoms with Crippen LogP contribution < -0.4 is 5.32 Å². The van der Waals surface area contributed by atoms with Gasteiger partial charge in [-0.15, -0.1) is 0 Å². The second-order valence-electron chi connectivity index (χ2n) is 3.99. The van der Waals surface area contributed by atoms with Gasteiger partial charge in [0.2, 0.25) is 0 Å². The molecule has 0 bridgehead atoms. The molecule has 18 heavy (non-hydrogen) atoms. The number of alkyl halides is 1. The van der Waals surface area contributed by atoms with Crippen LogP contribution in [-0.4, -0.2) is 17.8 Å². The Morgan fingerprint density at radius 3 is 2.50 bits per heavy atom. The van der Waals surface area contributed by atoms with Crippen molar-refractivity contribution in [3.8, 4) is 0 Å². The zero-order valence-corrected chi connectivity index (χ0v) is 13.1. The maximum atomic E-state index is 11.8. The number of carbonyl (C=O) groups excluding carboxylic acids is 1. The number of halogens is 3. The zero-order chi connectivity index (χ0) is 13.4. The standard InChI is InChI=1S/C13H16BrCl2NO/c14-7-3-1-2-4-8-17-13(18)10-5-6-11(15)12(16)9-10/h5-6,9H,1-4,7-8H2,(H,17,18). The zero-order valence-electron chi connectivity index (χ0n) is 10.0. The maximum Gasteiger partial charge on any atom is 0.251 e. The first-order valence-corrected chi connectivity index (χ1v) is 7.82. The first-order valence-electron chi connectivity index (χ1n) is 5.94. The molecular weight excluding hydrogens is 337 g/mol. The minimum absolute atomic E-state index is 0.103. The van der Waals surface area contributed by atoms with Crippen molar-refractivity contribution in [3.05, 3.63) is 33.8 Å². The van der Waals surface area contributed by atoms with E-state index in [0.29, 0.717) is 22.2 Å². The second kappa shape index (κ2) is 8.78. The summed E-state index contributed by atoms with van der Waals surface area (Å²) >= 11 is 15.0. The van der Waals surface area contributed by atoms with Crippen LogP contribution in [0.3, 0.4) is 0 Å². The first kappa shape index (κ1) is 15.8. The van der Waals surface area contributed by atoms with E-state index in [2.05, 4.69) is 21.2 Å². The summed E-state index contributed by atoms with van der Waals surface area (Å²) < 4.78 is 0. The van der Waals surface area contributed by atoms with Gasteiger partial charge >= 0.3 is 0 Å². The lowest BCUT2D eigenvalue weighted by atomic mass is 10.2. The van der Waals surface area contributed by atoms with Gasteiger partial charge in [-0.2, -0.15) is 0 Å². The average Bonchev–Trinajstić information content (AvgIpc) is 2.36. The van der Waals surface area contributed by atoms with E-state index in [1.807, 2.05) is 0 Å². The SMILES string of the molecule is O=C(NCCCCCCBr)c1ccc(Cl)c(Cl)c1. The lowest BCUT2D eigenvalue weighted by molar-refractivity contribution is 0.0953. The van der Waals surface area contributed by atoms with E-state index in [4.69, 9.17) is 23.2 Å². The number of unbranched alkanes of at least 4 members (excludes halogenated alkanes) is 3. The molecule has 0 aromatic heterocycles. The van der Waals surface area contributed by atoms with Crippen molar-refractivity contribution in [2.75, 3.05) is 11.9 Å². The van der Waals surface area contributed by atoms with Crippen molar-refractivity contribution in [1.29, 1.82) is 0 Å². The Labute approximate surface area is 126 Å². The topological polar surface area (TPSA) is 29.1 Å². The Balaban J connectivity index is 2.30. The Hall–Kier alpha value is -0.250. The van der Waals surface area contributed by atoms with Gasteiger partial charge in [0.05, 0.1) is 10.0 Å². The molecule has 2 nitrogen and oxygen atoms in total. The van der Waals surface area contributed by atoms with Crippen LogP contribution in [0.15, 0.2) is 18.2 Å². The van der Waals surface area contributed by atoms with E-state index in [1.54, 1.807) is 18.2 Å². The number of amides is 1. The molecule has 1 amide bonds. The molecular formula is C13H16BrCl2NO. The molecule has 0 aliphatic rings. The van der Waals surface area contributed by atoms with Gasteiger partial charge in [0.1, 0.15) is 0 Å². The molecule has 0 spiro atoms.